The molecule has 7 heteroatoms. The van der Waals surface area contributed by atoms with Crippen LogP contribution in [0.25, 0.3) is 0 Å². The smallest absolute Gasteiger partial charge is 0.242 e. The molecule has 0 spiro atoms. The number of benzene rings is 1. The van der Waals surface area contributed by atoms with Gasteiger partial charge in [0.05, 0.1) is 0 Å². The first kappa shape index (κ1) is 16.6. The maximum Gasteiger partial charge on any atom is 0.242 e. The molecule has 1 atom stereocenters. The van der Waals surface area contributed by atoms with E-state index >= 15 is 0 Å². The van der Waals surface area contributed by atoms with Crippen molar-refractivity contribution in [1.29, 1.82) is 0 Å². The Balaban J connectivity index is 1.62. The van der Waals surface area contributed by atoms with Crippen molar-refractivity contribution in [3.05, 3.63) is 23.8 Å². The Morgan fingerprint density at radius 2 is 2.21 bits per heavy atom. The third kappa shape index (κ3) is 3.62. The van der Waals surface area contributed by atoms with Crippen molar-refractivity contribution in [1.82, 2.24) is 10.2 Å². The lowest BCUT2D eigenvalue weighted by Gasteiger charge is -2.24. The molecule has 0 radical (unpaired) electrons. The van der Waals surface area contributed by atoms with Gasteiger partial charge in [0.25, 0.3) is 0 Å². The predicted molar refractivity (Wildman–Crippen MR) is 85.6 cm³/mol. The number of nitrogens with zero attached hydrogens (tertiary/aromatic N) is 1. The molecule has 2 amide bonds. The summed E-state index contributed by atoms with van der Waals surface area (Å²) in [5.74, 6) is 1.29. The molecule has 0 aliphatic carbocycles. The summed E-state index contributed by atoms with van der Waals surface area (Å²) in [6.45, 7) is 1.76. The molecule has 1 fully saturated rings. The van der Waals surface area contributed by atoms with E-state index in [1.54, 1.807) is 12.0 Å². The molecule has 1 aromatic carbocycles. The van der Waals surface area contributed by atoms with Gasteiger partial charge in [-0.2, -0.15) is 0 Å². The Kier molecular flexibility index (Phi) is 5.20. The SMILES string of the molecule is COCCCNC(=O)C1CCC(=O)N1Cc1ccc2c(c1)OCO2. The lowest BCUT2D eigenvalue weighted by Crippen LogP contribution is -2.44. The van der Waals surface area contributed by atoms with Gasteiger partial charge in [-0.05, 0) is 30.5 Å². The number of carbonyl (C=O) groups is 2. The van der Waals surface area contributed by atoms with Crippen LogP contribution in [0.4, 0.5) is 0 Å². The Labute approximate surface area is 140 Å². The van der Waals surface area contributed by atoms with Gasteiger partial charge in [0.2, 0.25) is 18.6 Å². The van der Waals surface area contributed by atoms with Gasteiger partial charge in [0.15, 0.2) is 11.5 Å². The summed E-state index contributed by atoms with van der Waals surface area (Å²) in [5.41, 5.74) is 0.923. The third-order valence-corrected chi connectivity index (χ3v) is 4.25. The minimum atomic E-state index is -0.412. The van der Waals surface area contributed by atoms with Crippen molar-refractivity contribution in [2.75, 3.05) is 27.1 Å². The van der Waals surface area contributed by atoms with Crippen LogP contribution < -0.4 is 14.8 Å². The highest BCUT2D eigenvalue weighted by molar-refractivity contribution is 5.90. The summed E-state index contributed by atoms with van der Waals surface area (Å²) in [7, 11) is 1.63. The number of rotatable bonds is 7. The maximum absolute atomic E-state index is 12.4. The van der Waals surface area contributed by atoms with Gasteiger partial charge in [0.1, 0.15) is 6.04 Å². The molecule has 1 aromatic rings. The van der Waals surface area contributed by atoms with Gasteiger partial charge in [-0.25, -0.2) is 0 Å². The lowest BCUT2D eigenvalue weighted by molar-refractivity contribution is -0.135. The average Bonchev–Trinajstić information content (AvgIpc) is 3.18. The van der Waals surface area contributed by atoms with Crippen molar-refractivity contribution in [3.63, 3.8) is 0 Å². The standard InChI is InChI=1S/C17H22N2O5/c1-22-8-2-7-18-17(21)13-4-6-16(20)19(13)10-12-3-5-14-15(9-12)24-11-23-14/h3,5,9,13H,2,4,6-8,10-11H2,1H3,(H,18,21). The summed E-state index contributed by atoms with van der Waals surface area (Å²) in [4.78, 5) is 26.2. The second kappa shape index (κ2) is 7.53. The summed E-state index contributed by atoms with van der Waals surface area (Å²) in [6, 6.07) is 5.18. The van der Waals surface area contributed by atoms with Gasteiger partial charge in [-0.1, -0.05) is 6.07 Å². The van der Waals surface area contributed by atoms with Crippen LogP contribution in [0.2, 0.25) is 0 Å². The highest BCUT2D eigenvalue weighted by Gasteiger charge is 2.35. The number of methoxy groups -OCH3 is 1. The predicted octanol–water partition coefficient (Wildman–Crippen LogP) is 1.06. The average molecular weight is 334 g/mol. The quantitative estimate of drug-likeness (QED) is 0.755. The Morgan fingerprint density at radius 3 is 3.04 bits per heavy atom. The molecule has 130 valence electrons. The first-order chi connectivity index (χ1) is 11.7. The second-order valence-corrected chi connectivity index (χ2v) is 5.90. The van der Waals surface area contributed by atoms with E-state index in [2.05, 4.69) is 5.32 Å². The van der Waals surface area contributed by atoms with Crippen molar-refractivity contribution in [3.8, 4) is 11.5 Å². The van der Waals surface area contributed by atoms with Gasteiger partial charge in [0, 0.05) is 33.2 Å². The first-order valence-corrected chi connectivity index (χ1v) is 8.13. The Morgan fingerprint density at radius 1 is 1.38 bits per heavy atom. The molecular weight excluding hydrogens is 312 g/mol. The van der Waals surface area contributed by atoms with Crippen LogP contribution >= 0.6 is 0 Å². The van der Waals surface area contributed by atoms with Gasteiger partial charge in [-0.3, -0.25) is 9.59 Å². The zero-order valence-electron chi connectivity index (χ0n) is 13.7. The van der Waals surface area contributed by atoms with Crippen LogP contribution in [0.1, 0.15) is 24.8 Å². The molecule has 1 saturated heterocycles. The lowest BCUT2D eigenvalue weighted by atomic mass is 10.1. The van der Waals surface area contributed by atoms with Crippen LogP contribution in [0.5, 0.6) is 11.5 Å². The monoisotopic (exact) mass is 334 g/mol. The number of fused-ring (bicyclic) bond motifs is 1. The molecule has 24 heavy (non-hydrogen) atoms. The number of nitrogens with one attached hydrogen (secondary N) is 1. The van der Waals surface area contributed by atoms with Crippen molar-refractivity contribution < 1.29 is 23.8 Å². The van der Waals surface area contributed by atoms with E-state index in [4.69, 9.17) is 14.2 Å². The van der Waals surface area contributed by atoms with E-state index < -0.39 is 6.04 Å². The highest BCUT2D eigenvalue weighted by atomic mass is 16.7. The van der Waals surface area contributed by atoms with E-state index in [9.17, 15) is 9.59 Å². The molecule has 1 unspecified atom stereocenters. The summed E-state index contributed by atoms with van der Waals surface area (Å²) >= 11 is 0. The summed E-state index contributed by atoms with van der Waals surface area (Å²) < 4.78 is 15.6. The minimum absolute atomic E-state index is 0.00436. The van der Waals surface area contributed by atoms with Gasteiger partial charge < -0.3 is 24.4 Å². The van der Waals surface area contributed by atoms with Crippen molar-refractivity contribution in [2.24, 2.45) is 0 Å². The highest BCUT2D eigenvalue weighted by Crippen LogP contribution is 2.33. The molecule has 0 aromatic heterocycles. The van der Waals surface area contributed by atoms with Crippen LogP contribution in [0, 0.1) is 0 Å². The Hall–Kier alpha value is -2.28. The fourth-order valence-electron chi connectivity index (χ4n) is 2.99. The van der Waals surface area contributed by atoms with Crippen LogP contribution in [-0.4, -0.2) is 49.8 Å². The number of likely N-dealkylation sites (tertiary alicyclic amines) is 1. The normalized spacial score (nSPS) is 19.0. The van der Waals surface area contributed by atoms with E-state index in [1.165, 1.54) is 0 Å². The zero-order chi connectivity index (χ0) is 16.9. The zero-order valence-corrected chi connectivity index (χ0v) is 13.7. The number of carbonyl (C=O) groups excluding carboxylic acids is 2. The summed E-state index contributed by atoms with van der Waals surface area (Å²) in [5, 5.41) is 2.88. The molecular formula is C17H22N2O5. The molecule has 7 nitrogen and oxygen atoms in total. The molecule has 1 N–H and O–H groups in total. The maximum atomic E-state index is 12.4. The third-order valence-electron chi connectivity index (χ3n) is 4.25. The molecule has 0 bridgehead atoms. The number of hydrogen-bond donors (Lipinski definition) is 1. The van der Waals surface area contributed by atoms with Crippen LogP contribution in [0.3, 0.4) is 0 Å². The second-order valence-electron chi connectivity index (χ2n) is 5.90. The van der Waals surface area contributed by atoms with E-state index in [0.29, 0.717) is 44.0 Å². The number of ether oxygens (including phenoxy) is 3. The first-order valence-electron chi connectivity index (χ1n) is 8.13. The summed E-state index contributed by atoms with van der Waals surface area (Å²) in [6.07, 6.45) is 1.71. The van der Waals surface area contributed by atoms with Crippen LogP contribution in [0.15, 0.2) is 18.2 Å². The van der Waals surface area contributed by atoms with E-state index in [-0.39, 0.29) is 18.6 Å². The van der Waals surface area contributed by atoms with E-state index in [1.807, 2.05) is 18.2 Å². The van der Waals surface area contributed by atoms with Gasteiger partial charge >= 0.3 is 0 Å². The molecule has 2 aliphatic heterocycles. The minimum Gasteiger partial charge on any atom is -0.454 e. The molecule has 2 heterocycles. The molecule has 2 aliphatic rings. The van der Waals surface area contributed by atoms with Gasteiger partial charge in [-0.15, -0.1) is 0 Å². The van der Waals surface area contributed by atoms with Crippen molar-refractivity contribution >= 4 is 11.8 Å². The molecule has 0 saturated carbocycles. The molecule has 3 rings (SSSR count). The number of amides is 2. The van der Waals surface area contributed by atoms with Crippen molar-refractivity contribution in [2.45, 2.75) is 31.8 Å². The largest absolute Gasteiger partial charge is 0.454 e. The fraction of sp³-hybridized carbons (Fsp3) is 0.529. The topological polar surface area (TPSA) is 77.1 Å². The number of hydrogen-bond acceptors (Lipinski definition) is 5. The van der Waals surface area contributed by atoms with Crippen LogP contribution in [-0.2, 0) is 20.9 Å². The Bertz CT molecular complexity index is 619. The fourth-order valence-corrected chi connectivity index (χ4v) is 2.99. The van der Waals surface area contributed by atoms with E-state index in [0.717, 1.165) is 12.0 Å².